The normalized spacial score (nSPS) is 24.5. The lowest BCUT2D eigenvalue weighted by Gasteiger charge is -2.13. The molecule has 134 valence electrons. The average molecular weight is 362 g/mol. The zero-order valence-electron chi connectivity index (χ0n) is 14.0. The Morgan fingerprint density at radius 3 is 2.48 bits per heavy atom. The van der Waals surface area contributed by atoms with Crippen molar-refractivity contribution in [2.45, 2.75) is 48.2 Å². The standard InChI is InChI=1S/C19H22O5S/c20-19(21)17(9-12-7-8-24-11-12)14-3-6-18(16(10-14)13-1-2-13)25(22,23)15-4-5-15/h3,6,9-10,12-13,15H,1-2,4-5,7-8,11H2,(H,20,21). The zero-order valence-corrected chi connectivity index (χ0v) is 14.8. The molecule has 25 heavy (non-hydrogen) atoms. The van der Waals surface area contributed by atoms with E-state index in [-0.39, 0.29) is 22.7 Å². The van der Waals surface area contributed by atoms with Crippen molar-refractivity contribution < 1.29 is 23.1 Å². The number of hydrogen-bond acceptors (Lipinski definition) is 4. The predicted octanol–water partition coefficient (Wildman–Crippen LogP) is 3.00. The third-order valence-electron chi connectivity index (χ3n) is 5.21. The van der Waals surface area contributed by atoms with Crippen LogP contribution in [0.15, 0.2) is 29.2 Å². The van der Waals surface area contributed by atoms with Crippen LogP contribution in [0.25, 0.3) is 5.57 Å². The van der Waals surface area contributed by atoms with Gasteiger partial charge in [-0.3, -0.25) is 0 Å². The van der Waals surface area contributed by atoms with Crippen molar-refractivity contribution in [1.82, 2.24) is 0 Å². The van der Waals surface area contributed by atoms with Gasteiger partial charge in [-0.15, -0.1) is 0 Å². The Kier molecular flexibility index (Phi) is 4.20. The summed E-state index contributed by atoms with van der Waals surface area (Å²) in [5.41, 5.74) is 1.64. The van der Waals surface area contributed by atoms with Crippen LogP contribution >= 0.6 is 0 Å². The van der Waals surface area contributed by atoms with Gasteiger partial charge in [0.25, 0.3) is 0 Å². The quantitative estimate of drug-likeness (QED) is 0.787. The zero-order chi connectivity index (χ0) is 17.6. The monoisotopic (exact) mass is 362 g/mol. The van der Waals surface area contributed by atoms with Crippen LogP contribution in [-0.4, -0.2) is 38.0 Å². The number of aliphatic carboxylic acids is 1. The highest BCUT2D eigenvalue weighted by molar-refractivity contribution is 7.92. The highest BCUT2D eigenvalue weighted by Gasteiger charge is 2.40. The molecular weight excluding hydrogens is 340 g/mol. The van der Waals surface area contributed by atoms with Gasteiger partial charge in [0.15, 0.2) is 9.84 Å². The van der Waals surface area contributed by atoms with Gasteiger partial charge < -0.3 is 9.84 Å². The molecule has 0 amide bonds. The van der Waals surface area contributed by atoms with Crippen LogP contribution in [0.4, 0.5) is 0 Å². The topological polar surface area (TPSA) is 80.7 Å². The predicted molar refractivity (Wildman–Crippen MR) is 93.2 cm³/mol. The Hall–Kier alpha value is -1.66. The van der Waals surface area contributed by atoms with Gasteiger partial charge in [0.2, 0.25) is 0 Å². The molecule has 5 nitrogen and oxygen atoms in total. The molecule has 1 N–H and O–H groups in total. The van der Waals surface area contributed by atoms with Crippen molar-refractivity contribution in [3.63, 3.8) is 0 Å². The largest absolute Gasteiger partial charge is 0.478 e. The van der Waals surface area contributed by atoms with E-state index < -0.39 is 15.8 Å². The third kappa shape index (κ3) is 3.37. The van der Waals surface area contributed by atoms with Crippen LogP contribution in [0.2, 0.25) is 0 Å². The average Bonchev–Trinajstić information content (AvgIpc) is 3.49. The molecule has 2 aliphatic carbocycles. The molecule has 1 atom stereocenters. The van der Waals surface area contributed by atoms with E-state index >= 15 is 0 Å². The molecule has 3 fully saturated rings. The van der Waals surface area contributed by atoms with Gasteiger partial charge >= 0.3 is 5.97 Å². The number of carbonyl (C=O) groups is 1. The van der Waals surface area contributed by atoms with Gasteiger partial charge in [0, 0.05) is 12.5 Å². The summed E-state index contributed by atoms with van der Waals surface area (Å²) in [6, 6.07) is 5.07. The minimum absolute atomic E-state index is 0.102. The Labute approximate surface area is 147 Å². The van der Waals surface area contributed by atoms with Crippen LogP contribution < -0.4 is 0 Å². The lowest BCUT2D eigenvalue weighted by molar-refractivity contribution is -0.130. The lowest BCUT2D eigenvalue weighted by Crippen LogP contribution is -2.11. The first kappa shape index (κ1) is 16.8. The maximum Gasteiger partial charge on any atom is 0.335 e. The molecule has 3 aliphatic rings. The van der Waals surface area contributed by atoms with Gasteiger partial charge in [-0.1, -0.05) is 12.1 Å². The van der Waals surface area contributed by atoms with Crippen molar-refractivity contribution in [2.24, 2.45) is 5.92 Å². The second kappa shape index (κ2) is 6.25. The first-order valence-electron chi connectivity index (χ1n) is 8.88. The summed E-state index contributed by atoms with van der Waals surface area (Å²) in [7, 11) is -3.27. The van der Waals surface area contributed by atoms with E-state index in [1.807, 2.05) is 0 Å². The molecule has 1 aromatic carbocycles. The van der Waals surface area contributed by atoms with E-state index in [1.165, 1.54) is 0 Å². The molecule has 1 aromatic rings. The fourth-order valence-corrected chi connectivity index (χ4v) is 5.38. The number of hydrogen-bond donors (Lipinski definition) is 1. The van der Waals surface area contributed by atoms with E-state index in [1.54, 1.807) is 24.3 Å². The van der Waals surface area contributed by atoms with Gasteiger partial charge in [0.05, 0.1) is 22.3 Å². The van der Waals surface area contributed by atoms with E-state index in [2.05, 4.69) is 0 Å². The minimum Gasteiger partial charge on any atom is -0.478 e. The SMILES string of the molecule is O=C(O)C(=CC1CCOC1)c1ccc(S(=O)(=O)C2CC2)c(C2CC2)c1. The van der Waals surface area contributed by atoms with E-state index in [4.69, 9.17) is 4.74 Å². The molecule has 1 aliphatic heterocycles. The van der Waals surface area contributed by atoms with Crippen molar-refractivity contribution in [3.8, 4) is 0 Å². The summed E-state index contributed by atoms with van der Waals surface area (Å²) < 4.78 is 30.7. The maximum atomic E-state index is 12.7. The number of benzene rings is 1. The molecule has 0 bridgehead atoms. The molecule has 1 heterocycles. The summed E-state index contributed by atoms with van der Waals surface area (Å²) in [5, 5.41) is 9.38. The molecule has 0 aromatic heterocycles. The minimum atomic E-state index is -3.27. The summed E-state index contributed by atoms with van der Waals surface area (Å²) >= 11 is 0. The molecule has 1 saturated heterocycles. The van der Waals surface area contributed by atoms with Crippen molar-refractivity contribution in [1.29, 1.82) is 0 Å². The number of carboxylic acid groups (broad SMARTS) is 1. The molecule has 0 radical (unpaired) electrons. The molecular formula is C19H22O5S. The van der Waals surface area contributed by atoms with Crippen molar-refractivity contribution >= 4 is 21.4 Å². The Morgan fingerprint density at radius 2 is 1.92 bits per heavy atom. The van der Waals surface area contributed by atoms with Crippen LogP contribution in [0.1, 0.15) is 49.1 Å². The van der Waals surface area contributed by atoms with Crippen LogP contribution in [0, 0.1) is 5.92 Å². The number of ether oxygens (including phenoxy) is 1. The molecule has 6 heteroatoms. The second-order valence-corrected chi connectivity index (χ2v) is 9.48. The van der Waals surface area contributed by atoms with Gasteiger partial charge in [-0.25, -0.2) is 13.2 Å². The number of rotatable bonds is 6. The van der Waals surface area contributed by atoms with Crippen molar-refractivity contribution in [2.75, 3.05) is 13.2 Å². The van der Waals surface area contributed by atoms with Crippen LogP contribution in [-0.2, 0) is 19.4 Å². The first-order chi connectivity index (χ1) is 12.0. The lowest BCUT2D eigenvalue weighted by atomic mass is 9.97. The fraction of sp³-hybridized carbons (Fsp3) is 0.526. The Morgan fingerprint density at radius 1 is 1.16 bits per heavy atom. The van der Waals surface area contributed by atoms with Crippen LogP contribution in [0.5, 0.6) is 0 Å². The molecule has 4 rings (SSSR count). The molecule has 2 saturated carbocycles. The highest BCUT2D eigenvalue weighted by Crippen LogP contribution is 2.46. The van der Waals surface area contributed by atoms with Gasteiger partial charge in [-0.2, -0.15) is 0 Å². The third-order valence-corrected chi connectivity index (χ3v) is 7.54. The number of sulfone groups is 1. The molecule has 1 unspecified atom stereocenters. The van der Waals surface area contributed by atoms with E-state index in [0.717, 1.165) is 37.7 Å². The second-order valence-electron chi connectivity index (χ2n) is 7.28. The Bertz CT molecular complexity index is 825. The Balaban J connectivity index is 1.75. The van der Waals surface area contributed by atoms with E-state index in [9.17, 15) is 18.3 Å². The fourth-order valence-electron chi connectivity index (χ4n) is 3.46. The summed E-state index contributed by atoms with van der Waals surface area (Å²) in [6.07, 6.45) is 5.99. The first-order valence-corrected chi connectivity index (χ1v) is 10.4. The highest BCUT2D eigenvalue weighted by atomic mass is 32.2. The van der Waals surface area contributed by atoms with Crippen LogP contribution in [0.3, 0.4) is 0 Å². The molecule has 0 spiro atoms. The van der Waals surface area contributed by atoms with Gasteiger partial charge in [-0.05, 0) is 61.3 Å². The van der Waals surface area contributed by atoms with Crippen molar-refractivity contribution in [3.05, 3.63) is 35.4 Å². The van der Waals surface area contributed by atoms with E-state index in [0.29, 0.717) is 23.7 Å². The maximum absolute atomic E-state index is 12.7. The summed E-state index contributed by atoms with van der Waals surface area (Å²) in [5.74, 6) is -0.634. The van der Waals surface area contributed by atoms with Gasteiger partial charge in [0.1, 0.15) is 0 Å². The summed E-state index contributed by atoms with van der Waals surface area (Å²) in [4.78, 5) is 12.2. The number of carboxylic acids is 1. The summed E-state index contributed by atoms with van der Waals surface area (Å²) in [6.45, 7) is 1.19. The smallest absolute Gasteiger partial charge is 0.335 e.